The number of rotatable bonds is 7. The molecule has 0 saturated heterocycles. The fourth-order valence-corrected chi connectivity index (χ4v) is 12.5. The largest absolute Gasteiger partial charge is 0.310 e. The third-order valence-corrected chi connectivity index (χ3v) is 16.1. The van der Waals surface area contributed by atoms with Gasteiger partial charge in [-0.1, -0.05) is 208 Å². The van der Waals surface area contributed by atoms with Gasteiger partial charge in [-0.2, -0.15) is 0 Å². The number of anilines is 3. The van der Waals surface area contributed by atoms with Crippen LogP contribution in [0.15, 0.2) is 255 Å². The van der Waals surface area contributed by atoms with Gasteiger partial charge in [-0.3, -0.25) is 0 Å². The van der Waals surface area contributed by atoms with Crippen molar-refractivity contribution in [3.63, 3.8) is 0 Å². The molecule has 2 nitrogen and oxygen atoms in total. The first kappa shape index (κ1) is 41.5. The smallest absolute Gasteiger partial charge is 0.0553 e. The lowest BCUT2D eigenvalue weighted by Crippen LogP contribution is -2.16. The Hall–Kier alpha value is -9.24. The van der Waals surface area contributed by atoms with E-state index in [1.54, 1.807) is 0 Å². The molecule has 0 fully saturated rings. The summed E-state index contributed by atoms with van der Waals surface area (Å²) in [6.07, 6.45) is 0. The Balaban J connectivity index is 0.863. The molecule has 15 rings (SSSR count). The molecule has 73 heavy (non-hydrogen) atoms. The first-order valence-electron chi connectivity index (χ1n) is 25.5. The molecule has 0 amide bonds. The summed E-state index contributed by atoms with van der Waals surface area (Å²) >= 11 is 0. The van der Waals surface area contributed by atoms with Crippen LogP contribution in [-0.4, -0.2) is 4.57 Å². The fraction of sp³-hybridized carbons (Fsp3) is 0.0423. The van der Waals surface area contributed by atoms with Gasteiger partial charge in [0.15, 0.2) is 0 Å². The average Bonchev–Trinajstić information content (AvgIpc) is 3.89. The lowest BCUT2D eigenvalue weighted by Gasteiger charge is -2.28. The first-order chi connectivity index (χ1) is 35.9. The topological polar surface area (TPSA) is 8.17 Å². The van der Waals surface area contributed by atoms with Crippen molar-refractivity contribution in [2.24, 2.45) is 0 Å². The maximum absolute atomic E-state index is 2.54. The summed E-state index contributed by atoms with van der Waals surface area (Å²) in [6, 6.07) is 94.7. The number of hydrogen-bond donors (Lipinski definition) is 0. The third kappa shape index (κ3) is 6.37. The van der Waals surface area contributed by atoms with Crippen molar-refractivity contribution in [1.82, 2.24) is 4.57 Å². The van der Waals surface area contributed by atoms with Gasteiger partial charge in [0.2, 0.25) is 0 Å². The lowest BCUT2D eigenvalue weighted by atomic mass is 9.81. The summed E-state index contributed by atoms with van der Waals surface area (Å²) in [6.45, 7) is 4.80. The predicted octanol–water partition coefficient (Wildman–Crippen LogP) is 19.6. The van der Waals surface area contributed by atoms with Gasteiger partial charge in [0.1, 0.15) is 0 Å². The van der Waals surface area contributed by atoms with Crippen molar-refractivity contribution < 1.29 is 0 Å². The van der Waals surface area contributed by atoms with Crippen LogP contribution in [0, 0.1) is 0 Å². The molecule has 0 saturated carbocycles. The number of aromatic nitrogens is 1. The Morgan fingerprint density at radius 2 is 0.808 bits per heavy atom. The standard InChI is InChI=1S/C71H48N2/c1-71(2)63-41-52(30-37-59(63)60-40-36-57(44-64(60)71)72(55-32-25-47(26-33-55)45-13-5-3-6-14-45)56-34-27-48(28-35-56)46-15-7-4-8-16-46)53-31-38-61-66(42-53)73(65-22-12-18-49-17-9-10-21-58(49)65)67-43-54-24-23-50-19-11-20-51-29-39-62(70(61)67)69(54)68(50)51/h3-44H,1-2H3. The molecule has 0 radical (unpaired) electrons. The van der Waals surface area contributed by atoms with Crippen LogP contribution >= 0.6 is 0 Å². The maximum Gasteiger partial charge on any atom is 0.0553 e. The quantitative estimate of drug-likeness (QED) is 0.145. The van der Waals surface area contributed by atoms with Gasteiger partial charge in [0, 0.05) is 38.6 Å². The van der Waals surface area contributed by atoms with E-state index in [2.05, 4.69) is 278 Å². The Bertz CT molecular complexity index is 4380. The first-order valence-corrected chi connectivity index (χ1v) is 25.5. The van der Waals surface area contributed by atoms with E-state index in [4.69, 9.17) is 0 Å². The van der Waals surface area contributed by atoms with Crippen molar-refractivity contribution in [3.8, 4) is 50.2 Å². The van der Waals surface area contributed by atoms with Crippen LogP contribution in [-0.2, 0) is 5.41 Å². The third-order valence-electron chi connectivity index (χ3n) is 16.1. The van der Waals surface area contributed by atoms with Gasteiger partial charge in [-0.15, -0.1) is 0 Å². The molecule has 14 aromatic rings. The van der Waals surface area contributed by atoms with Gasteiger partial charge in [0.05, 0.1) is 16.7 Å². The summed E-state index contributed by atoms with van der Waals surface area (Å²) in [7, 11) is 0. The molecule has 13 aromatic carbocycles. The van der Waals surface area contributed by atoms with Crippen molar-refractivity contribution in [2.75, 3.05) is 4.90 Å². The Kier molecular flexibility index (Phi) is 9.04. The van der Waals surface area contributed by atoms with Crippen molar-refractivity contribution in [1.29, 1.82) is 0 Å². The van der Waals surface area contributed by atoms with E-state index >= 15 is 0 Å². The molecule has 1 heterocycles. The predicted molar refractivity (Wildman–Crippen MR) is 311 cm³/mol. The monoisotopic (exact) mass is 928 g/mol. The molecule has 342 valence electrons. The van der Waals surface area contributed by atoms with Crippen LogP contribution in [0.25, 0.3) is 115 Å². The van der Waals surface area contributed by atoms with E-state index in [-0.39, 0.29) is 5.41 Å². The van der Waals surface area contributed by atoms with Crippen LogP contribution in [0.2, 0.25) is 0 Å². The van der Waals surface area contributed by atoms with E-state index in [1.165, 1.54) is 126 Å². The van der Waals surface area contributed by atoms with Gasteiger partial charge >= 0.3 is 0 Å². The average molecular weight is 929 g/mol. The number of nitrogens with zero attached hydrogens (tertiary/aromatic N) is 2. The second-order valence-corrected chi connectivity index (χ2v) is 20.5. The van der Waals surface area contributed by atoms with Crippen LogP contribution in [0.5, 0.6) is 0 Å². The number of benzene rings is 13. The molecular weight excluding hydrogens is 881 g/mol. The molecule has 0 atom stereocenters. The summed E-state index contributed by atoms with van der Waals surface area (Å²) in [5.74, 6) is 0. The van der Waals surface area contributed by atoms with Gasteiger partial charge < -0.3 is 9.47 Å². The van der Waals surface area contributed by atoms with Crippen LogP contribution in [0.4, 0.5) is 17.1 Å². The molecule has 2 heteroatoms. The second kappa shape index (κ2) is 15.9. The number of hydrogen-bond acceptors (Lipinski definition) is 1. The van der Waals surface area contributed by atoms with Gasteiger partial charge in [0.25, 0.3) is 0 Å². The zero-order valence-corrected chi connectivity index (χ0v) is 40.6. The molecule has 0 spiro atoms. The summed E-state index contributed by atoms with van der Waals surface area (Å²) in [5, 5.41) is 12.9. The van der Waals surface area contributed by atoms with Crippen LogP contribution in [0.1, 0.15) is 25.0 Å². The highest BCUT2D eigenvalue weighted by Crippen LogP contribution is 2.52. The molecule has 0 aliphatic heterocycles. The minimum absolute atomic E-state index is 0.255. The van der Waals surface area contributed by atoms with Crippen LogP contribution < -0.4 is 4.90 Å². The summed E-state index contributed by atoms with van der Waals surface area (Å²) < 4.78 is 2.54. The molecule has 1 aliphatic rings. The van der Waals surface area contributed by atoms with Crippen molar-refractivity contribution >= 4 is 82.0 Å². The minimum Gasteiger partial charge on any atom is -0.310 e. The maximum atomic E-state index is 2.54. The normalized spacial score (nSPS) is 12.9. The highest BCUT2D eigenvalue weighted by molar-refractivity contribution is 6.33. The Morgan fingerprint density at radius 3 is 1.52 bits per heavy atom. The lowest BCUT2D eigenvalue weighted by molar-refractivity contribution is 0.660. The van der Waals surface area contributed by atoms with E-state index in [0.29, 0.717) is 0 Å². The molecule has 0 N–H and O–H groups in total. The second-order valence-electron chi connectivity index (χ2n) is 20.5. The Labute approximate surface area is 424 Å². The highest BCUT2D eigenvalue weighted by Gasteiger charge is 2.36. The minimum atomic E-state index is -0.255. The van der Waals surface area contributed by atoms with Crippen LogP contribution in [0.3, 0.4) is 0 Å². The van der Waals surface area contributed by atoms with E-state index in [0.717, 1.165) is 17.1 Å². The molecule has 0 unspecified atom stereocenters. The summed E-state index contributed by atoms with van der Waals surface area (Å²) in [4.78, 5) is 2.41. The summed E-state index contributed by atoms with van der Waals surface area (Å²) in [5.41, 5.74) is 19.3. The molecule has 1 aromatic heterocycles. The van der Waals surface area contributed by atoms with Crippen molar-refractivity contribution in [2.45, 2.75) is 19.3 Å². The van der Waals surface area contributed by atoms with E-state index < -0.39 is 0 Å². The van der Waals surface area contributed by atoms with E-state index in [1.807, 2.05) is 0 Å². The molecule has 0 bridgehead atoms. The van der Waals surface area contributed by atoms with Crippen molar-refractivity contribution in [3.05, 3.63) is 266 Å². The van der Waals surface area contributed by atoms with Gasteiger partial charge in [-0.05, 0) is 154 Å². The fourth-order valence-electron chi connectivity index (χ4n) is 12.5. The molecule has 1 aliphatic carbocycles. The zero-order chi connectivity index (χ0) is 48.4. The molecular formula is C71H48N2. The van der Waals surface area contributed by atoms with E-state index in [9.17, 15) is 0 Å². The number of fused-ring (bicyclic) bond motifs is 8. The SMILES string of the molecule is CC1(C)c2cc(-c3ccc4c5c6ccc7cccc8ccc(cc5n(-c5cccc9ccccc59)c4c3)c6c87)ccc2-c2ccc(N(c3ccc(-c4ccccc4)cc3)c3ccc(-c4ccccc4)cc3)cc21. The highest BCUT2D eigenvalue weighted by atomic mass is 15.1. The van der Waals surface area contributed by atoms with Gasteiger partial charge in [-0.25, -0.2) is 0 Å². The Morgan fingerprint density at radius 1 is 0.301 bits per heavy atom. The zero-order valence-electron chi connectivity index (χ0n) is 40.6.